The first kappa shape index (κ1) is 18.9. The van der Waals surface area contributed by atoms with Gasteiger partial charge < -0.3 is 20.8 Å². The molecule has 0 fully saturated rings. The highest BCUT2D eigenvalue weighted by Gasteiger charge is 2.10. The second-order valence-electron chi connectivity index (χ2n) is 6.50. The highest BCUT2D eigenvalue weighted by atomic mass is 16.5. The minimum atomic E-state index is -0.542. The maximum Gasteiger partial charge on any atom is 0.255 e. The molecule has 7 nitrogen and oxygen atoms in total. The molecule has 0 saturated heterocycles. The number of aromatic amines is 1. The third-order valence-corrected chi connectivity index (χ3v) is 4.32. The number of rotatable bonds is 6. The van der Waals surface area contributed by atoms with Crippen LogP contribution in [0.4, 0.5) is 5.69 Å². The lowest BCUT2D eigenvalue weighted by atomic mass is 10.1. The number of H-pyrrole nitrogens is 1. The van der Waals surface area contributed by atoms with Crippen LogP contribution in [-0.4, -0.2) is 21.8 Å². The second kappa shape index (κ2) is 8.32. The van der Waals surface area contributed by atoms with E-state index in [-0.39, 0.29) is 5.91 Å². The van der Waals surface area contributed by atoms with Gasteiger partial charge in [-0.3, -0.25) is 9.59 Å². The van der Waals surface area contributed by atoms with Crippen molar-refractivity contribution in [3.05, 3.63) is 90.3 Å². The van der Waals surface area contributed by atoms with Gasteiger partial charge in [0.1, 0.15) is 17.1 Å². The van der Waals surface area contributed by atoms with Gasteiger partial charge in [-0.05, 0) is 42.5 Å². The van der Waals surface area contributed by atoms with E-state index < -0.39 is 5.91 Å². The average molecular weight is 398 g/mol. The van der Waals surface area contributed by atoms with Crippen LogP contribution in [0.5, 0.6) is 11.5 Å². The molecule has 4 aromatic rings. The van der Waals surface area contributed by atoms with Gasteiger partial charge in [0, 0.05) is 28.8 Å². The minimum absolute atomic E-state index is 0.292. The molecule has 0 bridgehead atoms. The van der Waals surface area contributed by atoms with Crippen LogP contribution in [0.15, 0.2) is 79.1 Å². The molecule has 2 heterocycles. The van der Waals surface area contributed by atoms with Crippen LogP contribution in [0, 0.1) is 0 Å². The number of nitrogens with two attached hydrogens (primary N) is 1. The van der Waals surface area contributed by atoms with E-state index in [1.54, 1.807) is 48.8 Å². The summed E-state index contributed by atoms with van der Waals surface area (Å²) in [6.45, 7) is 0. The summed E-state index contributed by atoms with van der Waals surface area (Å²) in [7, 11) is 0. The molecule has 4 N–H and O–H groups in total. The summed E-state index contributed by atoms with van der Waals surface area (Å²) in [5.74, 6) is 0.416. The smallest absolute Gasteiger partial charge is 0.255 e. The number of benzene rings is 2. The molecule has 0 saturated carbocycles. The van der Waals surface area contributed by atoms with Gasteiger partial charge in [0.25, 0.3) is 5.91 Å². The van der Waals surface area contributed by atoms with Crippen LogP contribution in [0.3, 0.4) is 0 Å². The third kappa shape index (κ3) is 4.36. The van der Waals surface area contributed by atoms with Crippen molar-refractivity contribution in [2.45, 2.75) is 0 Å². The minimum Gasteiger partial charge on any atom is -0.457 e. The van der Waals surface area contributed by atoms with Gasteiger partial charge in [0.15, 0.2) is 0 Å². The Balaban J connectivity index is 1.53. The fourth-order valence-electron chi connectivity index (χ4n) is 2.93. The molecular formula is C23H18N4O3. The summed E-state index contributed by atoms with van der Waals surface area (Å²) in [4.78, 5) is 31.0. The quantitative estimate of drug-likeness (QED) is 0.425. The van der Waals surface area contributed by atoms with Crippen LogP contribution >= 0.6 is 0 Å². The largest absolute Gasteiger partial charge is 0.457 e. The SMILES string of the molecule is NC(=O)C=Cc1c[nH]c2ncc(NC(=O)c3cccc(Oc4ccccc4)c3)cc12. The van der Waals surface area contributed by atoms with Gasteiger partial charge in [-0.2, -0.15) is 0 Å². The van der Waals surface area contributed by atoms with E-state index in [2.05, 4.69) is 15.3 Å². The number of nitrogens with zero attached hydrogens (tertiary/aromatic N) is 1. The molecule has 2 aromatic heterocycles. The predicted octanol–water partition coefficient (Wildman–Crippen LogP) is 4.11. The zero-order valence-electron chi connectivity index (χ0n) is 15.8. The number of para-hydroxylation sites is 1. The monoisotopic (exact) mass is 398 g/mol. The number of hydrogen-bond donors (Lipinski definition) is 3. The molecule has 7 heteroatoms. The number of anilines is 1. The number of amides is 2. The number of pyridine rings is 1. The number of nitrogens with one attached hydrogen (secondary N) is 2. The molecule has 0 unspecified atom stereocenters. The van der Waals surface area contributed by atoms with Crippen molar-refractivity contribution < 1.29 is 14.3 Å². The van der Waals surface area contributed by atoms with Crippen LogP contribution < -0.4 is 15.8 Å². The Kier molecular flexibility index (Phi) is 5.25. The standard InChI is InChI=1S/C23H18N4O3/c24-21(28)10-9-16-13-25-22-20(16)12-17(14-26-22)27-23(29)15-5-4-8-19(11-15)30-18-6-2-1-3-7-18/h1-14H,(H2,24,28)(H,25,26)(H,27,29). The van der Waals surface area contributed by atoms with Gasteiger partial charge in [0.05, 0.1) is 11.9 Å². The van der Waals surface area contributed by atoms with Crippen molar-refractivity contribution in [3.8, 4) is 11.5 Å². The third-order valence-electron chi connectivity index (χ3n) is 4.32. The van der Waals surface area contributed by atoms with E-state index in [0.717, 1.165) is 10.9 Å². The molecule has 2 aromatic carbocycles. The first-order valence-corrected chi connectivity index (χ1v) is 9.17. The summed E-state index contributed by atoms with van der Waals surface area (Å²) in [5, 5.41) is 3.59. The Hall–Kier alpha value is -4.39. The lowest BCUT2D eigenvalue weighted by Crippen LogP contribution is -2.12. The highest BCUT2D eigenvalue weighted by molar-refractivity contribution is 6.05. The number of fused-ring (bicyclic) bond motifs is 1. The number of hydrogen-bond acceptors (Lipinski definition) is 4. The molecule has 4 rings (SSSR count). The van der Waals surface area contributed by atoms with E-state index in [1.807, 2.05) is 30.3 Å². The van der Waals surface area contributed by atoms with Gasteiger partial charge in [0.2, 0.25) is 5.91 Å². The van der Waals surface area contributed by atoms with E-state index in [0.29, 0.717) is 28.4 Å². The predicted molar refractivity (Wildman–Crippen MR) is 115 cm³/mol. The Morgan fingerprint density at radius 1 is 1.03 bits per heavy atom. The first-order valence-electron chi connectivity index (χ1n) is 9.17. The average Bonchev–Trinajstić information content (AvgIpc) is 3.15. The molecule has 0 spiro atoms. The van der Waals surface area contributed by atoms with Gasteiger partial charge >= 0.3 is 0 Å². The Bertz CT molecular complexity index is 1250. The first-order chi connectivity index (χ1) is 14.6. The van der Waals surface area contributed by atoms with Crippen molar-refractivity contribution in [1.82, 2.24) is 9.97 Å². The highest BCUT2D eigenvalue weighted by Crippen LogP contribution is 2.24. The van der Waals surface area contributed by atoms with Crippen LogP contribution in [-0.2, 0) is 4.79 Å². The van der Waals surface area contributed by atoms with Gasteiger partial charge in [-0.15, -0.1) is 0 Å². The zero-order chi connectivity index (χ0) is 20.9. The topological polar surface area (TPSA) is 110 Å². The summed E-state index contributed by atoms with van der Waals surface area (Å²) < 4.78 is 5.79. The van der Waals surface area contributed by atoms with Crippen molar-refractivity contribution in [2.24, 2.45) is 5.73 Å². The van der Waals surface area contributed by atoms with E-state index in [1.165, 1.54) is 6.08 Å². The Morgan fingerprint density at radius 3 is 2.63 bits per heavy atom. The molecule has 0 radical (unpaired) electrons. The second-order valence-corrected chi connectivity index (χ2v) is 6.50. The molecule has 0 aliphatic carbocycles. The van der Waals surface area contributed by atoms with Crippen molar-refractivity contribution in [1.29, 1.82) is 0 Å². The lowest BCUT2D eigenvalue weighted by molar-refractivity contribution is -0.113. The van der Waals surface area contributed by atoms with Crippen LogP contribution in [0.1, 0.15) is 15.9 Å². The molecule has 0 aliphatic rings. The Morgan fingerprint density at radius 2 is 1.83 bits per heavy atom. The summed E-state index contributed by atoms with van der Waals surface area (Å²) in [6.07, 6.45) is 6.14. The number of ether oxygens (including phenoxy) is 1. The molecule has 30 heavy (non-hydrogen) atoms. The summed E-state index contributed by atoms with van der Waals surface area (Å²) >= 11 is 0. The van der Waals surface area contributed by atoms with Crippen molar-refractivity contribution in [3.63, 3.8) is 0 Å². The zero-order valence-corrected chi connectivity index (χ0v) is 15.8. The normalized spacial score (nSPS) is 10.9. The fourth-order valence-corrected chi connectivity index (χ4v) is 2.93. The molecule has 0 aliphatic heterocycles. The summed E-state index contributed by atoms with van der Waals surface area (Å²) in [5.41, 5.74) is 7.50. The fraction of sp³-hybridized carbons (Fsp3) is 0. The van der Waals surface area contributed by atoms with Gasteiger partial charge in [-0.1, -0.05) is 24.3 Å². The maximum absolute atomic E-state index is 12.7. The molecule has 148 valence electrons. The number of aromatic nitrogens is 2. The molecule has 2 amide bonds. The van der Waals surface area contributed by atoms with E-state index >= 15 is 0 Å². The maximum atomic E-state index is 12.7. The van der Waals surface area contributed by atoms with E-state index in [9.17, 15) is 9.59 Å². The molecular weight excluding hydrogens is 380 g/mol. The van der Waals surface area contributed by atoms with Crippen LogP contribution in [0.2, 0.25) is 0 Å². The summed E-state index contributed by atoms with van der Waals surface area (Å²) in [6, 6.07) is 18.0. The lowest BCUT2D eigenvalue weighted by Gasteiger charge is -2.08. The number of primary amides is 1. The number of carbonyl (C=O) groups is 2. The Labute approximate surface area is 172 Å². The van der Waals surface area contributed by atoms with Crippen LogP contribution in [0.25, 0.3) is 17.1 Å². The van der Waals surface area contributed by atoms with Gasteiger partial charge in [-0.25, -0.2) is 4.98 Å². The number of carbonyl (C=O) groups excluding carboxylic acids is 2. The van der Waals surface area contributed by atoms with Crippen molar-refractivity contribution in [2.75, 3.05) is 5.32 Å². The van der Waals surface area contributed by atoms with Crippen molar-refractivity contribution >= 4 is 34.6 Å². The molecule has 0 atom stereocenters. The van der Waals surface area contributed by atoms with E-state index in [4.69, 9.17) is 10.5 Å².